The third kappa shape index (κ3) is 3.85. The van der Waals surface area contributed by atoms with Gasteiger partial charge in [-0.05, 0) is 90.4 Å². The van der Waals surface area contributed by atoms with Gasteiger partial charge in [0.05, 0.1) is 36.9 Å². The second-order valence-electron chi connectivity index (χ2n) is 9.81. The second kappa shape index (κ2) is 8.31. The molecule has 3 saturated carbocycles. The first-order chi connectivity index (χ1) is 15.3. The first-order valence-corrected chi connectivity index (χ1v) is 12.3. The smallest absolute Gasteiger partial charge is 0.310 e. The van der Waals surface area contributed by atoms with Crippen LogP contribution in [0.4, 0.5) is 14.5 Å². The molecule has 1 saturated heterocycles. The highest BCUT2D eigenvalue weighted by Crippen LogP contribution is 2.74. The van der Waals surface area contributed by atoms with Crippen LogP contribution in [-0.2, 0) is 14.3 Å². The first-order valence-electron chi connectivity index (χ1n) is 11.5. The van der Waals surface area contributed by atoms with Gasteiger partial charge < -0.3 is 15.4 Å². The van der Waals surface area contributed by atoms with Crippen LogP contribution >= 0.6 is 15.9 Å². The van der Waals surface area contributed by atoms with Crippen molar-refractivity contribution in [1.29, 1.82) is 0 Å². The van der Waals surface area contributed by atoms with Crippen molar-refractivity contribution in [3.05, 3.63) is 22.9 Å². The van der Waals surface area contributed by atoms with Crippen molar-refractivity contribution in [2.24, 2.45) is 35.0 Å². The summed E-state index contributed by atoms with van der Waals surface area (Å²) in [6.07, 6.45) is 6.08. The number of nitrogens with one attached hydrogen (secondary N) is 2. The third-order valence-electron chi connectivity index (χ3n) is 8.25. The fourth-order valence-corrected chi connectivity index (χ4v) is 6.88. The van der Waals surface area contributed by atoms with E-state index in [4.69, 9.17) is 4.74 Å². The minimum absolute atomic E-state index is 0.0229. The number of amides is 1. The van der Waals surface area contributed by atoms with E-state index < -0.39 is 29.6 Å². The molecule has 5 atom stereocenters. The lowest BCUT2D eigenvalue weighted by molar-refractivity contribution is -0.156. The number of ether oxygens (including phenoxy) is 1. The molecule has 1 spiro atoms. The van der Waals surface area contributed by atoms with Crippen LogP contribution in [0.2, 0.25) is 0 Å². The maximum atomic E-state index is 14.1. The number of pyridine rings is 1. The quantitative estimate of drug-likeness (QED) is 0.445. The number of hydrogen-bond donors (Lipinski definition) is 2. The molecule has 9 heteroatoms. The Morgan fingerprint density at radius 3 is 2.59 bits per heavy atom. The van der Waals surface area contributed by atoms with E-state index in [1.165, 1.54) is 0 Å². The Morgan fingerprint density at radius 2 is 1.94 bits per heavy atom. The number of rotatable bonds is 6. The molecule has 2 N–H and O–H groups in total. The van der Waals surface area contributed by atoms with Gasteiger partial charge in [0.2, 0.25) is 5.91 Å². The van der Waals surface area contributed by atoms with Gasteiger partial charge in [0.15, 0.2) is 0 Å². The Labute approximate surface area is 194 Å². The molecule has 1 aliphatic heterocycles. The zero-order valence-corrected chi connectivity index (χ0v) is 19.4. The summed E-state index contributed by atoms with van der Waals surface area (Å²) in [5, 5.41) is 5.64. The van der Waals surface area contributed by atoms with Crippen molar-refractivity contribution in [3.63, 3.8) is 0 Å². The van der Waals surface area contributed by atoms with Crippen molar-refractivity contribution >= 4 is 33.5 Å². The highest BCUT2D eigenvalue weighted by atomic mass is 79.9. The number of anilines is 1. The number of aromatic nitrogens is 1. The summed E-state index contributed by atoms with van der Waals surface area (Å²) in [6, 6.07) is 3.52. The van der Waals surface area contributed by atoms with E-state index in [1.54, 1.807) is 18.3 Å². The van der Waals surface area contributed by atoms with Crippen LogP contribution in [0.3, 0.4) is 0 Å². The lowest BCUT2D eigenvalue weighted by Gasteiger charge is -2.32. The number of carbonyl (C=O) groups is 2. The molecule has 4 aliphatic rings. The molecular weight excluding hydrogens is 484 g/mol. The van der Waals surface area contributed by atoms with E-state index in [0.29, 0.717) is 23.3 Å². The van der Waals surface area contributed by atoms with Crippen molar-refractivity contribution in [1.82, 2.24) is 10.3 Å². The Kier molecular flexibility index (Phi) is 5.76. The van der Waals surface area contributed by atoms with Gasteiger partial charge in [-0.1, -0.05) is 0 Å². The molecule has 1 aromatic heterocycles. The van der Waals surface area contributed by atoms with Crippen LogP contribution in [0.1, 0.15) is 38.5 Å². The van der Waals surface area contributed by atoms with E-state index in [-0.39, 0.29) is 42.7 Å². The molecule has 174 valence electrons. The third-order valence-corrected chi connectivity index (χ3v) is 8.72. The van der Waals surface area contributed by atoms with Gasteiger partial charge in [-0.3, -0.25) is 9.59 Å². The molecule has 0 aromatic carbocycles. The number of nitrogens with zero attached hydrogens (tertiary/aromatic N) is 1. The normalized spacial score (nSPS) is 33.8. The van der Waals surface area contributed by atoms with Crippen LogP contribution in [0, 0.1) is 35.0 Å². The standard InChI is InChI=1S/C23H28BrF2N3O3/c24-17-4-1-14(11-28-17)29-20(30)18-15-2-3-16(22(15)7-8-22)19(18)21(31)32-10-6-13-5-9-27-12-23(13,25)26/h1,4,11,13,15-16,18-19,27H,2-3,5-10,12H2,(H,29,30)/t13?,15-,16+,18+,19+/m0/s1. The number of piperidine rings is 1. The van der Waals surface area contributed by atoms with E-state index >= 15 is 0 Å². The zero-order valence-electron chi connectivity index (χ0n) is 17.8. The summed E-state index contributed by atoms with van der Waals surface area (Å²) in [6.45, 7) is 0.203. The lowest BCUT2D eigenvalue weighted by atomic mass is 9.78. The molecule has 2 heterocycles. The predicted molar refractivity (Wildman–Crippen MR) is 117 cm³/mol. The Balaban J connectivity index is 1.26. The summed E-state index contributed by atoms with van der Waals surface area (Å²) < 4.78 is 34.4. The van der Waals surface area contributed by atoms with Gasteiger partial charge in [-0.2, -0.15) is 0 Å². The number of carbonyl (C=O) groups excluding carboxylic acids is 2. The Morgan fingerprint density at radius 1 is 1.19 bits per heavy atom. The lowest BCUT2D eigenvalue weighted by Crippen LogP contribution is -2.46. The molecule has 1 amide bonds. The molecule has 4 fully saturated rings. The van der Waals surface area contributed by atoms with Crippen LogP contribution in [0.5, 0.6) is 0 Å². The fraction of sp³-hybridized carbons (Fsp3) is 0.696. The summed E-state index contributed by atoms with van der Waals surface area (Å²) in [5.41, 5.74) is 0.678. The van der Waals surface area contributed by atoms with Gasteiger partial charge in [-0.25, -0.2) is 13.8 Å². The van der Waals surface area contributed by atoms with Crippen molar-refractivity contribution < 1.29 is 23.1 Å². The zero-order chi connectivity index (χ0) is 22.5. The monoisotopic (exact) mass is 511 g/mol. The average Bonchev–Trinajstić information content (AvgIpc) is 3.43. The molecule has 6 nitrogen and oxygen atoms in total. The van der Waals surface area contributed by atoms with Gasteiger partial charge in [0.1, 0.15) is 4.60 Å². The highest BCUT2D eigenvalue weighted by molar-refractivity contribution is 9.10. The fourth-order valence-electron chi connectivity index (χ4n) is 6.64. The average molecular weight is 512 g/mol. The van der Waals surface area contributed by atoms with E-state index in [2.05, 4.69) is 31.5 Å². The molecule has 2 bridgehead atoms. The summed E-state index contributed by atoms with van der Waals surface area (Å²) in [5.74, 6) is -4.72. The van der Waals surface area contributed by atoms with Gasteiger partial charge in [-0.15, -0.1) is 0 Å². The maximum Gasteiger partial charge on any atom is 0.310 e. The largest absolute Gasteiger partial charge is 0.465 e. The number of halogens is 3. The highest BCUT2D eigenvalue weighted by Gasteiger charge is 2.72. The van der Waals surface area contributed by atoms with E-state index in [0.717, 1.165) is 25.7 Å². The maximum absolute atomic E-state index is 14.1. The van der Waals surface area contributed by atoms with Crippen LogP contribution < -0.4 is 10.6 Å². The number of hydrogen-bond acceptors (Lipinski definition) is 5. The van der Waals surface area contributed by atoms with Gasteiger partial charge >= 0.3 is 5.97 Å². The van der Waals surface area contributed by atoms with Crippen molar-refractivity contribution in [3.8, 4) is 0 Å². The molecule has 1 aromatic rings. The van der Waals surface area contributed by atoms with E-state index in [1.807, 2.05) is 0 Å². The number of esters is 1. The molecular formula is C23H28BrF2N3O3. The van der Waals surface area contributed by atoms with Crippen LogP contribution in [0.25, 0.3) is 0 Å². The molecule has 3 aliphatic carbocycles. The molecule has 0 radical (unpaired) electrons. The van der Waals surface area contributed by atoms with Gasteiger partial charge in [0.25, 0.3) is 5.92 Å². The number of alkyl halides is 2. The minimum atomic E-state index is -2.78. The van der Waals surface area contributed by atoms with Crippen molar-refractivity contribution in [2.45, 2.75) is 44.4 Å². The van der Waals surface area contributed by atoms with Crippen LogP contribution in [-0.4, -0.2) is 42.5 Å². The topological polar surface area (TPSA) is 80.3 Å². The minimum Gasteiger partial charge on any atom is -0.465 e. The molecule has 32 heavy (non-hydrogen) atoms. The summed E-state index contributed by atoms with van der Waals surface area (Å²) in [7, 11) is 0. The van der Waals surface area contributed by atoms with Crippen molar-refractivity contribution in [2.75, 3.05) is 25.0 Å². The molecule has 5 rings (SSSR count). The Bertz CT molecular complexity index is 893. The summed E-state index contributed by atoms with van der Waals surface area (Å²) in [4.78, 5) is 30.5. The molecule has 1 unspecified atom stereocenters. The first kappa shape index (κ1) is 22.2. The summed E-state index contributed by atoms with van der Waals surface area (Å²) >= 11 is 3.28. The van der Waals surface area contributed by atoms with Crippen LogP contribution in [0.15, 0.2) is 22.9 Å². The Hall–Kier alpha value is -1.61. The van der Waals surface area contributed by atoms with Gasteiger partial charge in [0, 0.05) is 5.92 Å². The predicted octanol–water partition coefficient (Wildman–Crippen LogP) is 4.01. The van der Waals surface area contributed by atoms with E-state index in [9.17, 15) is 18.4 Å². The SMILES string of the molecule is O=C(OCCC1CCNCC1(F)F)[C@H]1[C@H](C(=O)Nc2ccc(Br)nc2)[C@@H]2CC[C@H]1C21CC1. The second-order valence-corrected chi connectivity index (χ2v) is 10.6.